The van der Waals surface area contributed by atoms with Crippen LogP contribution in [0.15, 0.2) is 29.2 Å². The highest BCUT2D eigenvalue weighted by Crippen LogP contribution is 2.34. The van der Waals surface area contributed by atoms with Gasteiger partial charge in [0.1, 0.15) is 0 Å². The van der Waals surface area contributed by atoms with Crippen LogP contribution in [-0.4, -0.2) is 56.7 Å². The van der Waals surface area contributed by atoms with Gasteiger partial charge in [0, 0.05) is 13.1 Å². The molecule has 24 heavy (non-hydrogen) atoms. The molecular weight excluding hydrogens is 345 g/mol. The molecule has 5 nitrogen and oxygen atoms in total. The summed E-state index contributed by atoms with van der Waals surface area (Å²) in [5.74, 6) is 0.251. The Bertz CT molecular complexity index is 642. The Morgan fingerprint density at radius 2 is 1.83 bits per heavy atom. The number of nitrogens with zero attached hydrogens (tertiary/aromatic N) is 1. The van der Waals surface area contributed by atoms with Crippen molar-refractivity contribution in [2.24, 2.45) is 5.92 Å². The van der Waals surface area contributed by atoms with Gasteiger partial charge in [-0.15, -0.1) is 0 Å². The van der Waals surface area contributed by atoms with Crippen molar-refractivity contribution < 1.29 is 26.7 Å². The van der Waals surface area contributed by atoms with Gasteiger partial charge in [0.05, 0.1) is 17.2 Å². The molecule has 0 aromatic heterocycles. The van der Waals surface area contributed by atoms with Crippen molar-refractivity contribution in [1.82, 2.24) is 4.90 Å². The summed E-state index contributed by atoms with van der Waals surface area (Å²) in [4.78, 5) is 1.38. The molecule has 1 aliphatic heterocycles. The fraction of sp³-hybridized carbons (Fsp3) is 0.600. The molecule has 2 rings (SSSR count). The van der Waals surface area contributed by atoms with Crippen LogP contribution in [0.4, 0.5) is 18.9 Å². The van der Waals surface area contributed by atoms with Crippen LogP contribution in [-0.2, 0) is 9.84 Å². The number of hydrogen-bond acceptors (Lipinski definition) is 5. The van der Waals surface area contributed by atoms with Crippen LogP contribution >= 0.6 is 0 Å². The minimum atomic E-state index is -5.37. The SMILES string of the molecule is O=S(=O)(c1ccccc1NCC1CCN(CCO)CC1)C(F)(F)F. The van der Waals surface area contributed by atoms with Gasteiger partial charge in [0.25, 0.3) is 9.84 Å². The van der Waals surface area contributed by atoms with E-state index in [0.29, 0.717) is 13.1 Å². The summed E-state index contributed by atoms with van der Waals surface area (Å²) in [6.07, 6.45) is 1.70. The fourth-order valence-corrected chi connectivity index (χ4v) is 3.72. The second kappa shape index (κ2) is 7.71. The van der Waals surface area contributed by atoms with E-state index in [2.05, 4.69) is 10.2 Å². The third kappa shape index (κ3) is 4.40. The maximum Gasteiger partial charge on any atom is 0.501 e. The molecule has 0 bridgehead atoms. The number of alkyl halides is 3. The Balaban J connectivity index is 2.02. The monoisotopic (exact) mass is 366 g/mol. The largest absolute Gasteiger partial charge is 0.501 e. The summed E-state index contributed by atoms with van der Waals surface area (Å²) >= 11 is 0. The van der Waals surface area contributed by atoms with E-state index in [4.69, 9.17) is 5.11 Å². The van der Waals surface area contributed by atoms with Crippen molar-refractivity contribution in [1.29, 1.82) is 0 Å². The molecule has 136 valence electrons. The minimum absolute atomic E-state index is 0.0207. The van der Waals surface area contributed by atoms with Crippen LogP contribution in [0.1, 0.15) is 12.8 Å². The maximum absolute atomic E-state index is 12.8. The van der Waals surface area contributed by atoms with Crippen molar-refractivity contribution in [3.8, 4) is 0 Å². The first-order chi connectivity index (χ1) is 11.3. The van der Waals surface area contributed by atoms with E-state index in [0.717, 1.165) is 32.0 Å². The number of β-amino-alcohol motifs (C(OH)–C–C–N with tert-alkyl or cyclic N) is 1. The molecule has 1 aliphatic rings. The molecule has 0 amide bonds. The molecular formula is C15H21F3N2O3S. The average molecular weight is 366 g/mol. The summed E-state index contributed by atoms with van der Waals surface area (Å²) in [5.41, 5.74) is -5.34. The van der Waals surface area contributed by atoms with Crippen LogP contribution in [0.3, 0.4) is 0 Å². The Kier molecular flexibility index (Phi) is 6.11. The molecule has 0 radical (unpaired) electrons. The van der Waals surface area contributed by atoms with Crippen LogP contribution in [0, 0.1) is 5.92 Å². The molecule has 1 aromatic rings. The zero-order valence-corrected chi connectivity index (χ0v) is 13.9. The molecule has 0 atom stereocenters. The number of sulfone groups is 1. The molecule has 1 fully saturated rings. The Hall–Kier alpha value is -1.32. The number of likely N-dealkylation sites (tertiary alicyclic amines) is 1. The molecule has 1 heterocycles. The summed E-state index contributed by atoms with van der Waals surface area (Å²) in [7, 11) is -5.37. The van der Waals surface area contributed by atoms with E-state index < -0.39 is 20.2 Å². The van der Waals surface area contributed by atoms with E-state index in [1.54, 1.807) is 0 Å². The number of piperidine rings is 1. The second-order valence-electron chi connectivity index (χ2n) is 5.83. The number of aliphatic hydroxyl groups is 1. The van der Waals surface area contributed by atoms with Crippen molar-refractivity contribution in [3.05, 3.63) is 24.3 Å². The first kappa shape index (κ1) is 19.0. The number of hydrogen-bond donors (Lipinski definition) is 2. The Morgan fingerprint density at radius 3 is 2.42 bits per heavy atom. The summed E-state index contributed by atoms with van der Waals surface area (Å²) in [6.45, 7) is 2.76. The molecule has 0 unspecified atom stereocenters. The normalized spacial score (nSPS) is 17.8. The summed E-state index contributed by atoms with van der Waals surface area (Å²) in [6, 6.07) is 5.09. The zero-order chi connectivity index (χ0) is 17.8. The number of anilines is 1. The molecule has 9 heteroatoms. The number of para-hydroxylation sites is 1. The smallest absolute Gasteiger partial charge is 0.395 e. The highest BCUT2D eigenvalue weighted by atomic mass is 32.2. The fourth-order valence-electron chi connectivity index (χ4n) is 2.78. The Labute approximate surface area is 139 Å². The average Bonchev–Trinajstić information content (AvgIpc) is 2.54. The van der Waals surface area contributed by atoms with Crippen molar-refractivity contribution >= 4 is 15.5 Å². The number of halogens is 3. The Morgan fingerprint density at radius 1 is 1.21 bits per heavy atom. The molecule has 0 spiro atoms. The molecule has 1 aromatic carbocycles. The first-order valence-electron chi connectivity index (χ1n) is 7.73. The van der Waals surface area contributed by atoms with Crippen LogP contribution in [0.2, 0.25) is 0 Å². The lowest BCUT2D eigenvalue weighted by atomic mass is 9.97. The van der Waals surface area contributed by atoms with Crippen LogP contribution in [0.25, 0.3) is 0 Å². The molecule has 2 N–H and O–H groups in total. The molecule has 0 saturated carbocycles. The van der Waals surface area contributed by atoms with Crippen LogP contribution in [0.5, 0.6) is 0 Å². The third-order valence-electron chi connectivity index (χ3n) is 4.19. The number of benzene rings is 1. The van der Waals surface area contributed by atoms with E-state index in [-0.39, 0.29) is 18.2 Å². The van der Waals surface area contributed by atoms with Gasteiger partial charge in [-0.25, -0.2) is 8.42 Å². The van der Waals surface area contributed by atoms with Gasteiger partial charge in [0.15, 0.2) is 0 Å². The lowest BCUT2D eigenvalue weighted by molar-refractivity contribution is -0.0435. The number of nitrogens with one attached hydrogen (secondary N) is 1. The number of rotatable bonds is 6. The van der Waals surface area contributed by atoms with Crippen molar-refractivity contribution in [3.63, 3.8) is 0 Å². The second-order valence-corrected chi connectivity index (χ2v) is 7.74. The van der Waals surface area contributed by atoms with Crippen molar-refractivity contribution in [2.45, 2.75) is 23.2 Å². The highest BCUT2D eigenvalue weighted by Gasteiger charge is 2.47. The predicted octanol–water partition coefficient (Wildman–Crippen LogP) is 2.10. The van der Waals surface area contributed by atoms with E-state index in [9.17, 15) is 21.6 Å². The summed E-state index contributed by atoms with van der Waals surface area (Å²) < 4.78 is 61.6. The van der Waals surface area contributed by atoms with Gasteiger partial charge in [-0.05, 0) is 44.0 Å². The quantitative estimate of drug-likeness (QED) is 0.807. The van der Waals surface area contributed by atoms with Gasteiger partial charge in [-0.3, -0.25) is 0 Å². The van der Waals surface area contributed by atoms with E-state index in [1.165, 1.54) is 18.2 Å². The third-order valence-corrected chi connectivity index (χ3v) is 5.73. The predicted molar refractivity (Wildman–Crippen MR) is 84.4 cm³/mol. The van der Waals surface area contributed by atoms with Gasteiger partial charge in [-0.1, -0.05) is 12.1 Å². The zero-order valence-electron chi connectivity index (χ0n) is 13.1. The van der Waals surface area contributed by atoms with Gasteiger partial charge >= 0.3 is 5.51 Å². The van der Waals surface area contributed by atoms with Gasteiger partial charge in [0.2, 0.25) is 0 Å². The summed E-state index contributed by atoms with van der Waals surface area (Å²) in [5, 5.41) is 11.8. The topological polar surface area (TPSA) is 69.6 Å². The highest BCUT2D eigenvalue weighted by molar-refractivity contribution is 7.92. The maximum atomic E-state index is 12.8. The van der Waals surface area contributed by atoms with E-state index in [1.807, 2.05) is 0 Å². The first-order valence-corrected chi connectivity index (χ1v) is 9.21. The van der Waals surface area contributed by atoms with Crippen molar-refractivity contribution in [2.75, 3.05) is 38.1 Å². The standard InChI is InChI=1S/C15H21F3N2O3S/c16-15(17,18)24(22,23)14-4-2-1-3-13(14)19-11-12-5-7-20(8-6-12)9-10-21/h1-4,12,19,21H,5-11H2. The lowest BCUT2D eigenvalue weighted by Gasteiger charge is -2.31. The minimum Gasteiger partial charge on any atom is -0.395 e. The molecule has 1 saturated heterocycles. The number of aliphatic hydroxyl groups excluding tert-OH is 1. The van der Waals surface area contributed by atoms with Gasteiger partial charge in [-0.2, -0.15) is 13.2 Å². The van der Waals surface area contributed by atoms with E-state index >= 15 is 0 Å². The lowest BCUT2D eigenvalue weighted by Crippen LogP contribution is -2.37. The van der Waals surface area contributed by atoms with Gasteiger partial charge < -0.3 is 15.3 Å². The molecule has 0 aliphatic carbocycles. The van der Waals surface area contributed by atoms with Crippen LogP contribution < -0.4 is 5.32 Å².